The zero-order chi connectivity index (χ0) is 11.1. The van der Waals surface area contributed by atoms with E-state index in [1.54, 1.807) is 0 Å². The SMILES string of the molecule is C[C@@H]1CCC[C@@H](C)[C@H](C)[C@@]2(N=O)CCC12. The van der Waals surface area contributed by atoms with Crippen LogP contribution < -0.4 is 0 Å². The molecule has 0 heterocycles. The fraction of sp³-hybridized carbons (Fsp3) is 1.00. The van der Waals surface area contributed by atoms with Gasteiger partial charge in [-0.15, -0.1) is 0 Å². The Balaban J connectivity index is 2.24. The lowest BCUT2D eigenvalue weighted by Crippen LogP contribution is -2.55. The standard InChI is InChI=1S/C13H23NO/c1-9-5-4-6-10(2)12-7-8-13(12,14-15)11(9)3/h9-12H,4-8H2,1-3H3/t9-,10-,11+,12?,13+/m1/s1. The molecule has 0 N–H and O–H groups in total. The molecule has 2 saturated carbocycles. The van der Waals surface area contributed by atoms with Crippen molar-refractivity contribution in [3.63, 3.8) is 0 Å². The highest BCUT2D eigenvalue weighted by atomic mass is 16.3. The van der Waals surface area contributed by atoms with Gasteiger partial charge in [0.2, 0.25) is 0 Å². The molecule has 5 atom stereocenters. The smallest absolute Gasteiger partial charge is 0.108 e. The lowest BCUT2D eigenvalue weighted by atomic mass is 9.53. The number of hydrogen-bond acceptors (Lipinski definition) is 2. The molecule has 2 aliphatic carbocycles. The summed E-state index contributed by atoms with van der Waals surface area (Å²) >= 11 is 0. The van der Waals surface area contributed by atoms with E-state index in [2.05, 4.69) is 25.9 Å². The van der Waals surface area contributed by atoms with Crippen molar-refractivity contribution in [2.75, 3.05) is 0 Å². The number of nitrogens with zero attached hydrogens (tertiary/aromatic N) is 1. The van der Waals surface area contributed by atoms with Gasteiger partial charge >= 0.3 is 0 Å². The van der Waals surface area contributed by atoms with Crippen LogP contribution in [0.15, 0.2) is 5.18 Å². The van der Waals surface area contributed by atoms with Gasteiger partial charge in [-0.05, 0) is 36.5 Å². The molecule has 0 saturated heterocycles. The summed E-state index contributed by atoms with van der Waals surface area (Å²) in [6, 6.07) is 0. The monoisotopic (exact) mass is 209 g/mol. The van der Waals surface area contributed by atoms with Crippen molar-refractivity contribution >= 4 is 0 Å². The molecule has 0 radical (unpaired) electrons. The minimum Gasteiger partial charge on any atom is -0.150 e. The summed E-state index contributed by atoms with van der Waals surface area (Å²) in [5.41, 5.74) is -0.195. The van der Waals surface area contributed by atoms with Gasteiger partial charge in [-0.3, -0.25) is 0 Å². The van der Waals surface area contributed by atoms with Crippen LogP contribution in [0.25, 0.3) is 0 Å². The van der Waals surface area contributed by atoms with Crippen molar-refractivity contribution in [1.29, 1.82) is 0 Å². The van der Waals surface area contributed by atoms with Crippen LogP contribution >= 0.6 is 0 Å². The fourth-order valence-electron chi connectivity index (χ4n) is 3.85. The van der Waals surface area contributed by atoms with Gasteiger partial charge in [0, 0.05) is 0 Å². The second kappa shape index (κ2) is 3.88. The lowest BCUT2D eigenvalue weighted by Gasteiger charge is -2.53. The fourth-order valence-corrected chi connectivity index (χ4v) is 3.85. The Morgan fingerprint density at radius 3 is 2.27 bits per heavy atom. The summed E-state index contributed by atoms with van der Waals surface area (Å²) in [7, 11) is 0. The Labute approximate surface area is 92.8 Å². The minimum atomic E-state index is -0.195. The first-order valence-corrected chi connectivity index (χ1v) is 6.46. The molecule has 2 heteroatoms. The molecule has 1 unspecified atom stereocenters. The van der Waals surface area contributed by atoms with E-state index in [-0.39, 0.29) is 5.54 Å². The molecule has 0 aromatic heterocycles. The highest BCUT2D eigenvalue weighted by molar-refractivity contribution is 5.09. The number of fused-ring (bicyclic) bond motifs is 1. The van der Waals surface area contributed by atoms with Crippen molar-refractivity contribution in [3.8, 4) is 0 Å². The Hall–Kier alpha value is -0.400. The maximum Gasteiger partial charge on any atom is 0.108 e. The highest BCUT2D eigenvalue weighted by Gasteiger charge is 2.55. The van der Waals surface area contributed by atoms with Gasteiger partial charge in [0.1, 0.15) is 5.54 Å². The zero-order valence-electron chi connectivity index (χ0n) is 10.2. The minimum absolute atomic E-state index is 0.195. The van der Waals surface area contributed by atoms with Crippen molar-refractivity contribution in [2.45, 2.75) is 58.4 Å². The first-order valence-electron chi connectivity index (χ1n) is 6.46. The molecule has 2 nitrogen and oxygen atoms in total. The summed E-state index contributed by atoms with van der Waals surface area (Å²) in [6.07, 6.45) is 6.16. The van der Waals surface area contributed by atoms with Gasteiger partial charge in [0.25, 0.3) is 0 Å². The number of rotatable bonds is 1. The van der Waals surface area contributed by atoms with Gasteiger partial charge in [0.05, 0.1) is 0 Å². The molecular weight excluding hydrogens is 186 g/mol. The molecule has 2 aliphatic rings. The summed E-state index contributed by atoms with van der Waals surface area (Å²) in [6.45, 7) is 6.85. The molecule has 0 aromatic rings. The van der Waals surface area contributed by atoms with E-state index in [1.165, 1.54) is 25.7 Å². The zero-order valence-corrected chi connectivity index (χ0v) is 10.2. The molecule has 0 bridgehead atoms. The van der Waals surface area contributed by atoms with E-state index < -0.39 is 0 Å². The molecule has 86 valence electrons. The van der Waals surface area contributed by atoms with Gasteiger partial charge in [-0.2, -0.15) is 4.91 Å². The molecule has 0 aromatic carbocycles. The average molecular weight is 209 g/mol. The van der Waals surface area contributed by atoms with Gasteiger partial charge in [-0.25, -0.2) is 0 Å². The largest absolute Gasteiger partial charge is 0.150 e. The van der Waals surface area contributed by atoms with Crippen molar-refractivity contribution < 1.29 is 0 Å². The predicted molar refractivity (Wildman–Crippen MR) is 62.6 cm³/mol. The molecule has 2 rings (SSSR count). The van der Waals surface area contributed by atoms with Gasteiger partial charge in [-0.1, -0.05) is 45.2 Å². The summed E-state index contributed by atoms with van der Waals surface area (Å²) in [5.74, 6) is 2.42. The Morgan fingerprint density at radius 2 is 1.73 bits per heavy atom. The van der Waals surface area contributed by atoms with E-state index in [1.807, 2.05) is 0 Å². The van der Waals surface area contributed by atoms with Crippen LogP contribution in [0.4, 0.5) is 0 Å². The molecule has 15 heavy (non-hydrogen) atoms. The van der Waals surface area contributed by atoms with Crippen LogP contribution in [0, 0.1) is 28.6 Å². The third-order valence-electron chi connectivity index (χ3n) is 5.32. The third-order valence-corrected chi connectivity index (χ3v) is 5.32. The highest BCUT2D eigenvalue weighted by Crippen LogP contribution is 2.55. The van der Waals surface area contributed by atoms with E-state index in [0.717, 1.165) is 6.42 Å². The predicted octanol–water partition coefficient (Wildman–Crippen LogP) is 3.99. The number of nitroso groups, excluding NO2 is 1. The topological polar surface area (TPSA) is 29.4 Å². The Morgan fingerprint density at radius 1 is 1.07 bits per heavy atom. The maximum absolute atomic E-state index is 11.3. The molecular formula is C13H23NO. The van der Waals surface area contributed by atoms with Crippen LogP contribution in [0.1, 0.15) is 52.9 Å². The van der Waals surface area contributed by atoms with E-state index in [4.69, 9.17) is 0 Å². The average Bonchev–Trinajstić information content (AvgIpc) is 2.16. The summed E-state index contributed by atoms with van der Waals surface area (Å²) < 4.78 is 0. The van der Waals surface area contributed by atoms with Crippen LogP contribution in [0.3, 0.4) is 0 Å². The van der Waals surface area contributed by atoms with E-state index >= 15 is 0 Å². The molecule has 0 amide bonds. The second-order valence-corrected chi connectivity index (χ2v) is 5.90. The molecule has 0 aliphatic heterocycles. The maximum atomic E-state index is 11.3. The van der Waals surface area contributed by atoms with E-state index in [0.29, 0.717) is 23.7 Å². The van der Waals surface area contributed by atoms with E-state index in [9.17, 15) is 4.91 Å². The quantitative estimate of drug-likeness (QED) is 0.600. The van der Waals surface area contributed by atoms with Crippen molar-refractivity contribution in [2.24, 2.45) is 28.8 Å². The first kappa shape index (κ1) is 11.1. The Kier molecular flexibility index (Phi) is 2.87. The van der Waals surface area contributed by atoms with Crippen molar-refractivity contribution in [1.82, 2.24) is 0 Å². The van der Waals surface area contributed by atoms with Gasteiger partial charge in [0.15, 0.2) is 0 Å². The van der Waals surface area contributed by atoms with Gasteiger partial charge < -0.3 is 0 Å². The molecule has 2 fully saturated rings. The summed E-state index contributed by atoms with van der Waals surface area (Å²) in [5, 5.41) is 3.58. The van der Waals surface area contributed by atoms with Crippen LogP contribution in [-0.4, -0.2) is 5.54 Å². The number of hydrogen-bond donors (Lipinski definition) is 0. The normalized spacial score (nSPS) is 50.9. The second-order valence-electron chi connectivity index (χ2n) is 5.90. The lowest BCUT2D eigenvalue weighted by molar-refractivity contribution is -0.00820. The first-order chi connectivity index (χ1) is 7.12. The van der Waals surface area contributed by atoms with Crippen LogP contribution in [-0.2, 0) is 0 Å². The van der Waals surface area contributed by atoms with Crippen LogP contribution in [0.2, 0.25) is 0 Å². The molecule has 0 spiro atoms. The van der Waals surface area contributed by atoms with Crippen LogP contribution in [0.5, 0.6) is 0 Å². The van der Waals surface area contributed by atoms with Crippen molar-refractivity contribution in [3.05, 3.63) is 4.91 Å². The summed E-state index contributed by atoms with van der Waals surface area (Å²) in [4.78, 5) is 11.3. The third kappa shape index (κ3) is 1.53. The Bertz CT molecular complexity index is 239.